The molecule has 7 nitrogen and oxygen atoms in total. The van der Waals surface area contributed by atoms with Crippen LogP contribution >= 0.6 is 0 Å². The summed E-state index contributed by atoms with van der Waals surface area (Å²) in [6.45, 7) is 4.44. The van der Waals surface area contributed by atoms with E-state index < -0.39 is 0 Å². The number of ether oxygens (including phenoxy) is 1. The van der Waals surface area contributed by atoms with Gasteiger partial charge in [-0.25, -0.2) is 9.97 Å². The zero-order chi connectivity index (χ0) is 23.2. The maximum Gasteiger partial charge on any atom is 0.251 e. The molecule has 0 saturated carbocycles. The number of nitrogens with one attached hydrogen (secondary N) is 2. The maximum atomic E-state index is 12.8. The summed E-state index contributed by atoms with van der Waals surface area (Å²) >= 11 is 0. The number of carbonyl (C=O) groups excluding carboxylic acids is 1. The van der Waals surface area contributed by atoms with Crippen LogP contribution in [0.2, 0.25) is 0 Å². The Balaban J connectivity index is 1.68. The molecule has 1 amide bonds. The summed E-state index contributed by atoms with van der Waals surface area (Å²) < 4.78 is 5.87. The lowest BCUT2D eigenvalue weighted by Gasteiger charge is -2.16. The zero-order valence-electron chi connectivity index (χ0n) is 19.5. The maximum absolute atomic E-state index is 12.8. The van der Waals surface area contributed by atoms with Crippen LogP contribution in [0.25, 0.3) is 11.6 Å². The summed E-state index contributed by atoms with van der Waals surface area (Å²) in [4.78, 5) is 24.1. The number of anilines is 2. The Labute approximate surface area is 195 Å². The van der Waals surface area contributed by atoms with Crippen molar-refractivity contribution in [2.75, 3.05) is 45.7 Å². The van der Waals surface area contributed by atoms with Gasteiger partial charge in [0.15, 0.2) is 0 Å². The molecule has 2 heterocycles. The molecule has 0 atom stereocenters. The van der Waals surface area contributed by atoms with Gasteiger partial charge in [-0.2, -0.15) is 0 Å². The van der Waals surface area contributed by atoms with Crippen molar-refractivity contribution in [1.82, 2.24) is 20.2 Å². The first kappa shape index (κ1) is 22.9. The Morgan fingerprint density at radius 3 is 3.00 bits per heavy atom. The summed E-state index contributed by atoms with van der Waals surface area (Å²) in [5, 5.41) is 6.29. The van der Waals surface area contributed by atoms with Crippen LogP contribution in [-0.2, 0) is 4.74 Å². The number of likely N-dealkylation sites (N-methyl/N-ethyl adjacent to an activating group) is 1. The van der Waals surface area contributed by atoms with Crippen molar-refractivity contribution in [3.05, 3.63) is 70.6 Å². The van der Waals surface area contributed by atoms with Crippen LogP contribution in [0.3, 0.4) is 0 Å². The van der Waals surface area contributed by atoms with Gasteiger partial charge in [0.2, 0.25) is 5.95 Å². The molecule has 0 unspecified atom stereocenters. The summed E-state index contributed by atoms with van der Waals surface area (Å²) in [6.07, 6.45) is 12.1. The zero-order valence-corrected chi connectivity index (χ0v) is 19.5. The van der Waals surface area contributed by atoms with Crippen LogP contribution in [0, 0.1) is 6.92 Å². The Morgan fingerprint density at radius 1 is 1.27 bits per heavy atom. The van der Waals surface area contributed by atoms with Crippen LogP contribution in [0.4, 0.5) is 11.6 Å². The molecule has 1 aromatic carbocycles. The van der Waals surface area contributed by atoms with Crippen molar-refractivity contribution in [2.45, 2.75) is 19.8 Å². The van der Waals surface area contributed by atoms with Crippen LogP contribution in [0.15, 0.2) is 48.2 Å². The highest BCUT2D eigenvalue weighted by molar-refractivity contribution is 5.96. The van der Waals surface area contributed by atoms with E-state index >= 15 is 0 Å². The number of benzene rings is 1. The Bertz CT molecular complexity index is 1120. The summed E-state index contributed by atoms with van der Waals surface area (Å²) in [7, 11) is 3.96. The second kappa shape index (κ2) is 10.6. The molecule has 1 aliphatic carbocycles. The van der Waals surface area contributed by atoms with Crippen molar-refractivity contribution >= 4 is 29.2 Å². The molecule has 2 N–H and O–H groups in total. The fourth-order valence-electron chi connectivity index (χ4n) is 3.89. The van der Waals surface area contributed by atoms with Gasteiger partial charge in [-0.15, -0.1) is 0 Å². The lowest BCUT2D eigenvalue weighted by atomic mass is 9.95. The molecule has 172 valence electrons. The quantitative estimate of drug-likeness (QED) is 0.742. The molecule has 2 aromatic rings. The molecular formula is C26H31N5O2. The number of aromatic nitrogens is 2. The Morgan fingerprint density at radius 2 is 2.15 bits per heavy atom. The number of nitrogens with zero attached hydrogens (tertiary/aromatic N) is 3. The van der Waals surface area contributed by atoms with E-state index in [-0.39, 0.29) is 5.91 Å². The van der Waals surface area contributed by atoms with E-state index in [9.17, 15) is 4.79 Å². The van der Waals surface area contributed by atoms with Gasteiger partial charge in [0.05, 0.1) is 18.9 Å². The molecule has 0 saturated heterocycles. The van der Waals surface area contributed by atoms with E-state index in [1.165, 1.54) is 11.1 Å². The molecular weight excluding hydrogens is 414 g/mol. The molecule has 1 aromatic heterocycles. The third-order valence-corrected chi connectivity index (χ3v) is 5.57. The number of allylic oxidation sites excluding steroid dienone is 2. The van der Waals surface area contributed by atoms with Gasteiger partial charge < -0.3 is 20.3 Å². The van der Waals surface area contributed by atoms with Gasteiger partial charge in [0, 0.05) is 30.5 Å². The minimum atomic E-state index is -0.110. The first-order valence-electron chi connectivity index (χ1n) is 11.3. The molecule has 0 radical (unpaired) electrons. The van der Waals surface area contributed by atoms with E-state index in [4.69, 9.17) is 9.72 Å². The largest absolute Gasteiger partial charge is 0.373 e. The number of fused-ring (bicyclic) bond motifs is 6. The van der Waals surface area contributed by atoms with Gasteiger partial charge in [-0.3, -0.25) is 4.79 Å². The second-order valence-electron chi connectivity index (χ2n) is 8.66. The first-order chi connectivity index (χ1) is 16.0. The van der Waals surface area contributed by atoms with E-state index in [0.29, 0.717) is 31.3 Å². The molecule has 1 aliphatic heterocycles. The van der Waals surface area contributed by atoms with Crippen molar-refractivity contribution in [1.29, 1.82) is 0 Å². The molecule has 7 heteroatoms. The smallest absolute Gasteiger partial charge is 0.251 e. The molecule has 33 heavy (non-hydrogen) atoms. The third kappa shape index (κ3) is 6.15. The molecule has 4 rings (SSSR count). The molecule has 6 bridgehead atoms. The van der Waals surface area contributed by atoms with Crippen LogP contribution in [0.1, 0.15) is 40.0 Å². The number of carbonyl (C=O) groups is 1. The highest BCUT2D eigenvalue weighted by atomic mass is 16.5. The van der Waals surface area contributed by atoms with E-state index in [1.54, 1.807) is 0 Å². The Kier molecular flexibility index (Phi) is 7.32. The number of aryl methyl sites for hydroxylation is 1. The van der Waals surface area contributed by atoms with Gasteiger partial charge in [0.25, 0.3) is 5.91 Å². The summed E-state index contributed by atoms with van der Waals surface area (Å²) in [5.74, 6) is 0.402. The van der Waals surface area contributed by atoms with E-state index in [1.807, 2.05) is 62.5 Å². The topological polar surface area (TPSA) is 79.4 Å². The Hall–Kier alpha value is -3.29. The highest BCUT2D eigenvalue weighted by Gasteiger charge is 2.15. The average molecular weight is 446 g/mol. The van der Waals surface area contributed by atoms with E-state index in [2.05, 4.69) is 27.8 Å². The molecule has 2 aliphatic rings. The number of rotatable bonds is 4. The fraction of sp³-hybridized carbons (Fsp3) is 0.346. The van der Waals surface area contributed by atoms with Gasteiger partial charge in [-0.05, 0) is 74.3 Å². The van der Waals surface area contributed by atoms with Crippen LogP contribution in [-0.4, -0.2) is 61.2 Å². The molecule has 0 fully saturated rings. The van der Waals surface area contributed by atoms with Gasteiger partial charge >= 0.3 is 0 Å². The highest BCUT2D eigenvalue weighted by Crippen LogP contribution is 2.29. The lowest BCUT2D eigenvalue weighted by molar-refractivity contribution is 0.0951. The van der Waals surface area contributed by atoms with Crippen molar-refractivity contribution < 1.29 is 9.53 Å². The number of amides is 1. The lowest BCUT2D eigenvalue weighted by Crippen LogP contribution is -2.31. The number of hydrogen-bond donors (Lipinski definition) is 2. The fourth-order valence-corrected chi connectivity index (χ4v) is 3.89. The van der Waals surface area contributed by atoms with Gasteiger partial charge in [0.1, 0.15) is 0 Å². The standard InChI is InChI=1S/C26H31N5O2/c1-18-16-28-26-29-23-14-19(12-22(15-23)25(32)27-9-10-31(2)3)7-5-11-33-17-20-6-4-8-21(13-20)24(18)30-26/h5-7,12-16H,4,8-11,17H2,1-3H3,(H,27,32)(H,28,29,30)/b7-5+. The molecule has 0 spiro atoms. The minimum Gasteiger partial charge on any atom is -0.373 e. The SMILES string of the molecule is Cc1cnc2nc1C1=CC(=CCC1)COC/C=C/c1cc(cc(C(=O)NCCN(C)C)c1)N2. The predicted molar refractivity (Wildman–Crippen MR) is 133 cm³/mol. The summed E-state index contributed by atoms with van der Waals surface area (Å²) in [6, 6.07) is 5.70. The number of hydrogen-bond acceptors (Lipinski definition) is 6. The summed E-state index contributed by atoms with van der Waals surface area (Å²) in [5.41, 5.74) is 6.60. The van der Waals surface area contributed by atoms with Crippen molar-refractivity contribution in [2.24, 2.45) is 0 Å². The average Bonchev–Trinajstić information content (AvgIpc) is 2.79. The predicted octanol–water partition coefficient (Wildman–Crippen LogP) is 3.97. The van der Waals surface area contributed by atoms with E-state index in [0.717, 1.165) is 41.9 Å². The van der Waals surface area contributed by atoms with Crippen LogP contribution < -0.4 is 10.6 Å². The van der Waals surface area contributed by atoms with Crippen molar-refractivity contribution in [3.8, 4) is 0 Å². The third-order valence-electron chi connectivity index (χ3n) is 5.57. The first-order valence-corrected chi connectivity index (χ1v) is 11.3. The monoisotopic (exact) mass is 445 g/mol. The van der Waals surface area contributed by atoms with Crippen LogP contribution in [0.5, 0.6) is 0 Å². The second-order valence-corrected chi connectivity index (χ2v) is 8.66. The minimum absolute atomic E-state index is 0.110. The van der Waals surface area contributed by atoms with Crippen molar-refractivity contribution in [3.63, 3.8) is 0 Å². The normalized spacial score (nSPS) is 16.6. The van der Waals surface area contributed by atoms with Gasteiger partial charge in [-0.1, -0.05) is 24.3 Å².